The smallest absolute Gasteiger partial charge is 0.344 e. The fraction of sp³-hybridized carbons (Fsp3) is 0.492. The lowest BCUT2D eigenvalue weighted by molar-refractivity contribution is -0.255. The van der Waals surface area contributed by atoms with E-state index < -0.39 is 126 Å². The van der Waals surface area contributed by atoms with Gasteiger partial charge in [-0.25, -0.2) is 9.78 Å². The molecule has 1 unspecified atom stereocenters. The van der Waals surface area contributed by atoms with E-state index in [-0.39, 0.29) is 92.6 Å². The molecule has 0 aliphatic carbocycles. The van der Waals surface area contributed by atoms with Crippen molar-refractivity contribution in [3.8, 4) is 17.2 Å². The third-order valence-electron chi connectivity index (χ3n) is 16.0. The van der Waals surface area contributed by atoms with Gasteiger partial charge in [0.1, 0.15) is 84.4 Å². The highest BCUT2D eigenvalue weighted by Crippen LogP contribution is 2.27. The highest BCUT2D eigenvalue weighted by Gasteiger charge is 2.41. The van der Waals surface area contributed by atoms with Gasteiger partial charge in [0.15, 0.2) is 0 Å². The van der Waals surface area contributed by atoms with Crippen LogP contribution in [0.4, 0.5) is 0 Å². The van der Waals surface area contributed by atoms with Crippen molar-refractivity contribution in [1.82, 2.24) is 57.4 Å². The van der Waals surface area contributed by atoms with E-state index in [2.05, 4.69) is 62.5 Å². The van der Waals surface area contributed by atoms with Crippen LogP contribution < -0.4 is 53.0 Å². The molecule has 13 N–H and O–H groups in total. The number of H-pyrrole nitrogens is 1. The Balaban J connectivity index is 1.29. The summed E-state index contributed by atoms with van der Waals surface area (Å²) in [5.41, 5.74) is 8.73. The first-order valence-corrected chi connectivity index (χ1v) is 35.8. The zero-order valence-corrected chi connectivity index (χ0v) is 57.0. The Hall–Kier alpha value is -9.08. The molecule has 530 valence electrons. The van der Waals surface area contributed by atoms with E-state index in [1.54, 1.807) is 0 Å². The number of fused-ring (bicyclic) bond motifs is 6. The number of aromatic hydroxyl groups is 2. The number of benzene rings is 3. The molecule has 4 aromatic rings. The maximum Gasteiger partial charge on any atom is 0.344 e. The van der Waals surface area contributed by atoms with E-state index in [1.807, 2.05) is 24.5 Å². The van der Waals surface area contributed by atoms with Gasteiger partial charge >= 0.3 is 5.97 Å². The first kappa shape index (κ1) is 76.3. The zero-order valence-electron chi connectivity index (χ0n) is 54.6. The summed E-state index contributed by atoms with van der Waals surface area (Å²) in [7, 11) is 1.03. The van der Waals surface area contributed by atoms with E-state index in [0.717, 1.165) is 37.3 Å². The number of hydrogen-bond acceptors (Lipinski definition) is 22. The number of rotatable bonds is 14. The third kappa shape index (κ3) is 24.5. The number of ether oxygens (including phenoxy) is 1. The average molecular weight is 1420 g/mol. The van der Waals surface area contributed by atoms with E-state index in [9.17, 15) is 53.4 Å². The van der Waals surface area contributed by atoms with E-state index in [1.165, 1.54) is 108 Å². The summed E-state index contributed by atoms with van der Waals surface area (Å²) < 4.78 is 6.32. The number of nitrogens with one attached hydrogen (secondary N) is 9. The third-order valence-corrected chi connectivity index (χ3v) is 18.8. The fourth-order valence-corrected chi connectivity index (χ4v) is 13.3. The molecule has 4 heterocycles. The minimum absolute atomic E-state index is 0.0246. The predicted octanol–water partition coefficient (Wildman–Crippen LogP) is 0.997. The van der Waals surface area contributed by atoms with Gasteiger partial charge in [0.2, 0.25) is 53.2 Å². The summed E-state index contributed by atoms with van der Waals surface area (Å²) in [6.07, 6.45) is 7.18. The van der Waals surface area contributed by atoms with Crippen molar-refractivity contribution in [2.45, 2.75) is 150 Å². The lowest BCUT2D eigenvalue weighted by atomic mass is 10.0. The monoisotopic (exact) mass is 1420 g/mol. The van der Waals surface area contributed by atoms with Crippen LogP contribution in [0.25, 0.3) is 0 Å². The number of aromatic nitrogens is 2. The maximum absolute atomic E-state index is 15.2. The molecule has 3 aromatic carbocycles. The molecule has 9 atom stereocenters. The van der Waals surface area contributed by atoms with Crippen molar-refractivity contribution in [3.63, 3.8) is 0 Å². The summed E-state index contributed by atoms with van der Waals surface area (Å²) in [6, 6.07) is 4.31. The number of carbonyl (C=O) groups excluding carboxylic acids is 11. The van der Waals surface area contributed by atoms with Crippen LogP contribution in [0.2, 0.25) is 0 Å². The SMILES string of the molecule is CC[C@@H]1NC(=O)[C@H](CC(=O)OOC)NC(=O)[C@@H]2CCCN2C(=O)[C@H](Cc2ccc(O)cc2)NC(=O)[C@@H]2CSCc3cc(cc(c3)OCCCCCCO/N=C/C(=O)N[C@@H](CCSC)C(=O)N2)CSCC(C(N)=O)NC(=O)[C@H](Cc2cnc[nH]2)NC(=O)[C@H](Cc2ccc(O)cc2)NC1=O. The molecule has 33 heteroatoms. The number of imidazole rings is 1. The van der Waals surface area contributed by atoms with Crippen molar-refractivity contribution in [2.75, 3.05) is 50.4 Å². The van der Waals surface area contributed by atoms with E-state index in [0.29, 0.717) is 47.8 Å². The molecule has 1 saturated heterocycles. The minimum atomic E-state index is -1.80. The maximum atomic E-state index is 15.2. The molecular weight excluding hydrogens is 1330 g/mol. The number of nitrogens with two attached hydrogens (primary N) is 1. The van der Waals surface area contributed by atoms with Gasteiger partial charge < -0.3 is 77.9 Å². The van der Waals surface area contributed by atoms with Gasteiger partial charge in [0.25, 0.3) is 5.91 Å². The number of oxime groups is 1. The molecule has 1 fully saturated rings. The predicted molar refractivity (Wildman–Crippen MR) is 363 cm³/mol. The lowest BCUT2D eigenvalue weighted by Gasteiger charge is -2.31. The second-order valence-corrected chi connectivity index (χ2v) is 26.5. The Labute approximate surface area is 579 Å². The lowest BCUT2D eigenvalue weighted by Crippen LogP contribution is -2.61. The van der Waals surface area contributed by atoms with Crippen LogP contribution in [-0.2, 0) is 98.1 Å². The number of hydrogen-bond donors (Lipinski definition) is 12. The average Bonchev–Trinajstić information content (AvgIpc) is 1.60. The summed E-state index contributed by atoms with van der Waals surface area (Å²) in [5.74, 6) is -8.66. The Kier molecular flexibility index (Phi) is 30.6. The molecule has 30 nitrogen and oxygen atoms in total. The largest absolute Gasteiger partial charge is 0.508 e. The van der Waals surface area contributed by atoms with Gasteiger partial charge in [-0.15, -0.1) is 0 Å². The second kappa shape index (κ2) is 39.4. The van der Waals surface area contributed by atoms with Crippen LogP contribution in [0.3, 0.4) is 0 Å². The Morgan fingerprint density at radius 3 is 1.88 bits per heavy atom. The van der Waals surface area contributed by atoms with Crippen LogP contribution in [0.1, 0.15) is 92.7 Å². The van der Waals surface area contributed by atoms with Gasteiger partial charge in [-0.05, 0) is 122 Å². The van der Waals surface area contributed by atoms with Crippen LogP contribution in [0.15, 0.2) is 84.4 Å². The van der Waals surface area contributed by atoms with Crippen molar-refractivity contribution in [1.29, 1.82) is 0 Å². The number of primary amides is 1. The van der Waals surface area contributed by atoms with Gasteiger partial charge in [-0.1, -0.05) is 42.4 Å². The highest BCUT2D eigenvalue weighted by atomic mass is 32.2. The van der Waals surface area contributed by atoms with E-state index >= 15 is 9.59 Å². The molecule has 98 heavy (non-hydrogen) atoms. The van der Waals surface area contributed by atoms with Gasteiger partial charge in [-0.3, -0.25) is 52.8 Å². The van der Waals surface area contributed by atoms with Gasteiger partial charge in [-0.2, -0.15) is 40.2 Å². The summed E-state index contributed by atoms with van der Waals surface area (Å²) in [5, 5.41) is 45.7. The molecule has 3 aliphatic heterocycles. The molecular formula is C65H85N13O17S3. The Bertz CT molecular complexity index is 3410. The van der Waals surface area contributed by atoms with Gasteiger partial charge in [0, 0.05) is 60.7 Å². The summed E-state index contributed by atoms with van der Waals surface area (Å²) >= 11 is 3.92. The first-order chi connectivity index (χ1) is 47.2. The Morgan fingerprint density at radius 2 is 1.24 bits per heavy atom. The molecule has 4 bridgehead atoms. The zero-order chi connectivity index (χ0) is 70.5. The number of aromatic amines is 1. The topological polar surface area (TPSA) is 432 Å². The van der Waals surface area contributed by atoms with Gasteiger partial charge in [0.05, 0.1) is 26.5 Å². The fourth-order valence-electron chi connectivity index (χ4n) is 10.8. The highest BCUT2D eigenvalue weighted by molar-refractivity contribution is 7.99. The summed E-state index contributed by atoms with van der Waals surface area (Å²) in [4.78, 5) is 180. The van der Waals surface area contributed by atoms with Crippen LogP contribution >= 0.6 is 35.3 Å². The molecule has 3 aliphatic rings. The standard InChI is InChI=1S/C65H85N13O17S3/c1-4-46-58(84)72-48(27-38-11-15-43(79)16-12-38)60(86)73-49(29-42-31-67-37-68-42)61(87)76-52(57(66)83)35-97-33-40-24-41-26-45(25-40)93-21-7-5-6-8-22-94-69-32-55(81)70-47(19-23-96-3)59(85)77-53(36-98-34-41)63(89)75-51(28-39-13-17-44(80)18-14-39)65(91)78-20-9-10-54(78)64(90)74-50(62(88)71-46)30-56(82)95-92-2/h11-18,24-26,31-32,37,46-54,79-80H,4-10,19-23,27-30,33-36H2,1-3H3,(H2,66,83)(H,67,68)(H,70,81)(H,71,88)(H,72,84)(H,73,86)(H,74,90)(H,75,89)(H,76,87)(H,77,85)/b69-32+/t46-,47-,48-,49-,50-,51-,52?,53-,54-/m0/s1. The van der Waals surface area contributed by atoms with Crippen LogP contribution in [0.5, 0.6) is 17.2 Å². The van der Waals surface area contributed by atoms with Crippen molar-refractivity contribution < 1.29 is 82.3 Å². The minimum Gasteiger partial charge on any atom is -0.508 e. The van der Waals surface area contributed by atoms with E-state index in [4.69, 9.17) is 20.2 Å². The second-order valence-electron chi connectivity index (χ2n) is 23.5. The number of thioether (sulfide) groups is 3. The molecule has 7 rings (SSSR count). The molecule has 10 amide bonds. The van der Waals surface area contributed by atoms with Crippen molar-refractivity contribution >= 4 is 107 Å². The van der Waals surface area contributed by atoms with Crippen molar-refractivity contribution in [3.05, 3.63) is 107 Å². The molecule has 0 spiro atoms. The number of nitrogens with zero attached hydrogens (tertiary/aromatic N) is 3. The van der Waals surface area contributed by atoms with Crippen LogP contribution in [-0.4, -0.2) is 201 Å². The number of amides is 10. The molecule has 1 aromatic heterocycles. The summed E-state index contributed by atoms with van der Waals surface area (Å²) in [6.45, 7) is 2.05. The normalized spacial score (nSPS) is 24.2. The quantitative estimate of drug-likeness (QED) is 0.0619. The van der Waals surface area contributed by atoms with Crippen LogP contribution in [0, 0.1) is 0 Å². The molecule has 0 saturated carbocycles. The number of carbonyl (C=O) groups is 11. The Morgan fingerprint density at radius 1 is 0.663 bits per heavy atom. The number of phenols is 2. The number of phenolic OH excluding ortho intramolecular Hbond substituents is 2. The van der Waals surface area contributed by atoms with Crippen molar-refractivity contribution in [2.24, 2.45) is 10.9 Å². The molecule has 0 radical (unpaired) electrons. The first-order valence-electron chi connectivity index (χ1n) is 32.0.